The van der Waals surface area contributed by atoms with Crippen LogP contribution in [-0.4, -0.2) is 16.8 Å². The van der Waals surface area contributed by atoms with E-state index in [-0.39, 0.29) is 5.75 Å². The maximum atomic E-state index is 9.82. The van der Waals surface area contributed by atoms with Crippen LogP contribution in [0.2, 0.25) is 5.02 Å². The number of benzene rings is 1. The van der Waals surface area contributed by atoms with Crippen molar-refractivity contribution < 1.29 is 10.2 Å². The maximum Gasteiger partial charge on any atom is 0.140 e. The SMILES string of the molecule is Cc1cc(C)c(C(O)CCN)c(O)c1Cl. The van der Waals surface area contributed by atoms with E-state index >= 15 is 0 Å². The van der Waals surface area contributed by atoms with Crippen LogP contribution in [0.1, 0.15) is 29.2 Å². The lowest BCUT2D eigenvalue weighted by Crippen LogP contribution is -2.08. The average molecular weight is 230 g/mol. The molecule has 0 saturated carbocycles. The fourth-order valence-corrected chi connectivity index (χ4v) is 1.84. The highest BCUT2D eigenvalue weighted by molar-refractivity contribution is 6.32. The third-order valence-electron chi connectivity index (χ3n) is 2.44. The van der Waals surface area contributed by atoms with Crippen molar-refractivity contribution in [1.82, 2.24) is 0 Å². The lowest BCUT2D eigenvalue weighted by Gasteiger charge is -2.16. The Balaban J connectivity index is 3.23. The fraction of sp³-hybridized carbons (Fsp3) is 0.455. The van der Waals surface area contributed by atoms with Crippen LogP contribution in [0, 0.1) is 13.8 Å². The molecule has 0 aromatic heterocycles. The Labute approximate surface area is 94.5 Å². The zero-order valence-corrected chi connectivity index (χ0v) is 9.67. The average Bonchev–Trinajstić information content (AvgIpc) is 2.15. The molecule has 1 aromatic rings. The van der Waals surface area contributed by atoms with E-state index in [9.17, 15) is 10.2 Å². The van der Waals surface area contributed by atoms with Gasteiger partial charge in [0.05, 0.1) is 11.1 Å². The molecule has 0 spiro atoms. The van der Waals surface area contributed by atoms with E-state index in [1.807, 2.05) is 19.9 Å². The summed E-state index contributed by atoms with van der Waals surface area (Å²) in [7, 11) is 0. The summed E-state index contributed by atoms with van der Waals surface area (Å²) in [4.78, 5) is 0. The van der Waals surface area contributed by atoms with E-state index in [0.717, 1.165) is 11.1 Å². The molecule has 4 N–H and O–H groups in total. The van der Waals surface area contributed by atoms with E-state index in [1.165, 1.54) is 0 Å². The monoisotopic (exact) mass is 229 g/mol. The first-order valence-corrected chi connectivity index (χ1v) is 5.23. The molecule has 84 valence electrons. The molecular weight excluding hydrogens is 214 g/mol. The third kappa shape index (κ3) is 2.43. The van der Waals surface area contributed by atoms with Crippen LogP contribution in [0.3, 0.4) is 0 Å². The molecule has 1 rings (SSSR count). The molecule has 0 aliphatic rings. The van der Waals surface area contributed by atoms with E-state index in [2.05, 4.69) is 0 Å². The van der Waals surface area contributed by atoms with Crippen LogP contribution in [0.4, 0.5) is 0 Å². The van der Waals surface area contributed by atoms with Gasteiger partial charge in [-0.2, -0.15) is 0 Å². The molecule has 0 saturated heterocycles. The normalized spacial score (nSPS) is 12.9. The largest absolute Gasteiger partial charge is 0.506 e. The maximum absolute atomic E-state index is 9.82. The van der Waals surface area contributed by atoms with Crippen molar-refractivity contribution in [2.24, 2.45) is 5.73 Å². The number of aromatic hydroxyl groups is 1. The number of aliphatic hydroxyl groups excluding tert-OH is 1. The second-order valence-corrected chi connectivity index (χ2v) is 4.06. The summed E-state index contributed by atoms with van der Waals surface area (Å²) in [5, 5.41) is 19.9. The first-order valence-electron chi connectivity index (χ1n) is 4.85. The quantitative estimate of drug-likeness (QED) is 0.743. The van der Waals surface area contributed by atoms with Crippen molar-refractivity contribution in [3.63, 3.8) is 0 Å². The first-order chi connectivity index (χ1) is 6.99. The Morgan fingerprint density at radius 3 is 2.53 bits per heavy atom. The Bertz CT molecular complexity index is 366. The number of phenols is 1. The molecule has 1 atom stereocenters. The van der Waals surface area contributed by atoms with Crippen molar-refractivity contribution in [1.29, 1.82) is 0 Å². The minimum atomic E-state index is -0.756. The van der Waals surface area contributed by atoms with Crippen molar-refractivity contribution in [2.45, 2.75) is 26.4 Å². The summed E-state index contributed by atoms with van der Waals surface area (Å²) in [6, 6.07) is 1.84. The molecule has 0 heterocycles. The van der Waals surface area contributed by atoms with Gasteiger partial charge in [-0.05, 0) is 37.9 Å². The number of nitrogens with two attached hydrogens (primary N) is 1. The van der Waals surface area contributed by atoms with Crippen LogP contribution in [0.25, 0.3) is 0 Å². The van der Waals surface area contributed by atoms with Gasteiger partial charge in [0, 0.05) is 5.56 Å². The van der Waals surface area contributed by atoms with Gasteiger partial charge in [-0.3, -0.25) is 0 Å². The van der Waals surface area contributed by atoms with E-state index in [4.69, 9.17) is 17.3 Å². The summed E-state index contributed by atoms with van der Waals surface area (Å²) in [6.45, 7) is 4.01. The summed E-state index contributed by atoms with van der Waals surface area (Å²) in [6.07, 6.45) is -0.346. The molecule has 4 heteroatoms. The van der Waals surface area contributed by atoms with Crippen LogP contribution in [-0.2, 0) is 0 Å². The Morgan fingerprint density at radius 2 is 2.00 bits per heavy atom. The van der Waals surface area contributed by atoms with Crippen molar-refractivity contribution >= 4 is 11.6 Å². The molecule has 15 heavy (non-hydrogen) atoms. The summed E-state index contributed by atoms with van der Waals surface area (Å²) >= 11 is 5.91. The van der Waals surface area contributed by atoms with Gasteiger partial charge in [0.2, 0.25) is 0 Å². The van der Waals surface area contributed by atoms with Crippen LogP contribution >= 0.6 is 11.6 Å². The number of halogens is 1. The van der Waals surface area contributed by atoms with Gasteiger partial charge >= 0.3 is 0 Å². The standard InChI is InChI=1S/C11H16ClNO2/c1-6-5-7(2)10(12)11(15)9(6)8(14)3-4-13/h5,8,14-15H,3-4,13H2,1-2H3. The molecule has 0 radical (unpaired) electrons. The predicted octanol–water partition coefficient (Wildman–Crippen LogP) is 2.04. The van der Waals surface area contributed by atoms with E-state index in [0.29, 0.717) is 23.6 Å². The lowest BCUT2D eigenvalue weighted by atomic mass is 9.98. The van der Waals surface area contributed by atoms with Crippen LogP contribution in [0.5, 0.6) is 5.75 Å². The van der Waals surface area contributed by atoms with Crippen LogP contribution < -0.4 is 5.73 Å². The highest BCUT2D eigenvalue weighted by Gasteiger charge is 2.18. The highest BCUT2D eigenvalue weighted by atomic mass is 35.5. The molecule has 0 fully saturated rings. The minimum absolute atomic E-state index is 0.0323. The fourth-order valence-electron chi connectivity index (χ4n) is 1.68. The first kappa shape index (κ1) is 12.3. The molecule has 0 bridgehead atoms. The Morgan fingerprint density at radius 1 is 1.40 bits per heavy atom. The zero-order chi connectivity index (χ0) is 11.6. The molecule has 0 amide bonds. The number of aryl methyl sites for hydroxylation is 2. The van der Waals surface area contributed by atoms with Crippen molar-refractivity contribution in [3.8, 4) is 5.75 Å². The smallest absolute Gasteiger partial charge is 0.140 e. The van der Waals surface area contributed by atoms with Gasteiger partial charge in [-0.1, -0.05) is 17.7 Å². The molecular formula is C11H16ClNO2. The zero-order valence-electron chi connectivity index (χ0n) is 8.92. The number of rotatable bonds is 3. The number of phenolic OH excluding ortho intramolecular Hbond substituents is 1. The minimum Gasteiger partial charge on any atom is -0.506 e. The Hall–Kier alpha value is -0.770. The van der Waals surface area contributed by atoms with E-state index < -0.39 is 6.10 Å². The second-order valence-electron chi connectivity index (χ2n) is 3.68. The van der Waals surface area contributed by atoms with Gasteiger partial charge in [-0.15, -0.1) is 0 Å². The third-order valence-corrected chi connectivity index (χ3v) is 2.92. The van der Waals surface area contributed by atoms with Gasteiger partial charge in [0.25, 0.3) is 0 Å². The number of hydrogen-bond donors (Lipinski definition) is 3. The topological polar surface area (TPSA) is 66.5 Å². The van der Waals surface area contributed by atoms with Gasteiger partial charge in [0.1, 0.15) is 5.75 Å². The van der Waals surface area contributed by atoms with E-state index in [1.54, 1.807) is 0 Å². The highest BCUT2D eigenvalue weighted by Crippen LogP contribution is 2.37. The predicted molar refractivity (Wildman–Crippen MR) is 61.2 cm³/mol. The van der Waals surface area contributed by atoms with Crippen LogP contribution in [0.15, 0.2) is 6.07 Å². The molecule has 0 aliphatic heterocycles. The number of aliphatic hydroxyl groups is 1. The molecule has 0 aliphatic carbocycles. The summed E-state index contributed by atoms with van der Waals surface area (Å²) in [5.41, 5.74) is 7.47. The van der Waals surface area contributed by atoms with Gasteiger partial charge < -0.3 is 15.9 Å². The second kappa shape index (κ2) is 4.84. The molecule has 1 unspecified atom stereocenters. The van der Waals surface area contributed by atoms with Crippen molar-refractivity contribution in [3.05, 3.63) is 27.8 Å². The van der Waals surface area contributed by atoms with Gasteiger partial charge in [-0.25, -0.2) is 0 Å². The molecule has 3 nitrogen and oxygen atoms in total. The van der Waals surface area contributed by atoms with Gasteiger partial charge in [0.15, 0.2) is 0 Å². The summed E-state index contributed by atoms with van der Waals surface area (Å²) in [5.74, 6) is -0.0323. The summed E-state index contributed by atoms with van der Waals surface area (Å²) < 4.78 is 0. The Kier molecular flexibility index (Phi) is 3.97. The lowest BCUT2D eigenvalue weighted by molar-refractivity contribution is 0.166. The van der Waals surface area contributed by atoms with Crippen molar-refractivity contribution in [2.75, 3.05) is 6.54 Å². The number of hydrogen-bond acceptors (Lipinski definition) is 3. The molecule has 1 aromatic carbocycles.